The summed E-state index contributed by atoms with van der Waals surface area (Å²) in [5, 5.41) is 14.0. The van der Waals surface area contributed by atoms with Crippen LogP contribution in [0.3, 0.4) is 0 Å². The number of nitrogen functional groups attached to an aromatic ring is 1. The lowest BCUT2D eigenvalue weighted by molar-refractivity contribution is 0.0696. The van der Waals surface area contributed by atoms with Crippen LogP contribution in [0.25, 0.3) is 11.4 Å². The summed E-state index contributed by atoms with van der Waals surface area (Å²) in [6.07, 6.45) is 2.22. The average Bonchev–Trinajstić information content (AvgIpc) is 2.87. The van der Waals surface area contributed by atoms with Crippen molar-refractivity contribution >= 4 is 23.5 Å². The van der Waals surface area contributed by atoms with Gasteiger partial charge in [-0.05, 0) is 11.6 Å². The SMILES string of the molecule is Cn1cc(Cc2ccccc2C(=O)O)c(-c2cc(Cl)nc(N)n2)n1. The van der Waals surface area contributed by atoms with Gasteiger partial charge in [-0.1, -0.05) is 29.8 Å². The molecule has 0 fully saturated rings. The highest BCUT2D eigenvalue weighted by Gasteiger charge is 2.16. The Kier molecular flexibility index (Phi) is 4.18. The number of hydrogen-bond donors (Lipinski definition) is 2. The number of aromatic nitrogens is 4. The number of aromatic carboxylic acids is 1. The number of anilines is 1. The molecule has 7 nitrogen and oxygen atoms in total. The fourth-order valence-electron chi connectivity index (χ4n) is 2.53. The Hall–Kier alpha value is -2.93. The molecule has 0 unspecified atom stereocenters. The van der Waals surface area contributed by atoms with Crippen LogP contribution in [-0.2, 0) is 13.5 Å². The minimum Gasteiger partial charge on any atom is -0.478 e. The molecule has 0 amide bonds. The molecule has 122 valence electrons. The van der Waals surface area contributed by atoms with Crippen molar-refractivity contribution in [2.45, 2.75) is 6.42 Å². The molecule has 0 atom stereocenters. The normalized spacial score (nSPS) is 10.8. The number of rotatable bonds is 4. The summed E-state index contributed by atoms with van der Waals surface area (Å²) in [6.45, 7) is 0. The lowest BCUT2D eigenvalue weighted by Gasteiger charge is -2.06. The second-order valence-electron chi connectivity index (χ2n) is 5.25. The summed E-state index contributed by atoms with van der Waals surface area (Å²) in [6, 6.07) is 8.43. The molecule has 2 heterocycles. The second kappa shape index (κ2) is 6.29. The maximum absolute atomic E-state index is 11.4. The van der Waals surface area contributed by atoms with Crippen LogP contribution in [0.1, 0.15) is 21.5 Å². The standard InChI is InChI=1S/C16H14ClN5O2/c1-22-8-10(6-9-4-2-3-5-11(9)15(23)24)14(21-22)12-7-13(17)20-16(18)19-12/h2-5,7-8H,6H2,1H3,(H,23,24)(H2,18,19,20). The molecule has 0 saturated carbocycles. The fraction of sp³-hybridized carbons (Fsp3) is 0.125. The predicted octanol–water partition coefficient (Wildman–Crippen LogP) is 2.40. The summed E-state index contributed by atoms with van der Waals surface area (Å²) >= 11 is 5.94. The van der Waals surface area contributed by atoms with E-state index in [1.807, 2.05) is 6.20 Å². The van der Waals surface area contributed by atoms with E-state index < -0.39 is 5.97 Å². The van der Waals surface area contributed by atoms with Crippen LogP contribution in [0.4, 0.5) is 5.95 Å². The average molecular weight is 344 g/mol. The lowest BCUT2D eigenvalue weighted by Crippen LogP contribution is -2.03. The van der Waals surface area contributed by atoms with Crippen molar-refractivity contribution < 1.29 is 9.90 Å². The molecule has 0 saturated heterocycles. The van der Waals surface area contributed by atoms with Crippen LogP contribution in [0.5, 0.6) is 0 Å². The minimum absolute atomic E-state index is 0.0556. The van der Waals surface area contributed by atoms with E-state index in [1.165, 1.54) is 0 Å². The first kappa shape index (κ1) is 15.9. The van der Waals surface area contributed by atoms with Gasteiger partial charge in [0.25, 0.3) is 0 Å². The maximum Gasteiger partial charge on any atom is 0.335 e. The molecule has 2 aromatic heterocycles. The van der Waals surface area contributed by atoms with Crippen molar-refractivity contribution in [3.63, 3.8) is 0 Å². The first-order valence-corrected chi connectivity index (χ1v) is 7.46. The lowest BCUT2D eigenvalue weighted by atomic mass is 9.99. The summed E-state index contributed by atoms with van der Waals surface area (Å²) in [5.41, 5.74) is 8.50. The summed E-state index contributed by atoms with van der Waals surface area (Å²) in [4.78, 5) is 19.4. The Bertz CT molecular complexity index is 902. The van der Waals surface area contributed by atoms with E-state index in [2.05, 4.69) is 15.1 Å². The Labute approximate surface area is 142 Å². The zero-order chi connectivity index (χ0) is 17.3. The van der Waals surface area contributed by atoms with Crippen molar-refractivity contribution in [2.75, 3.05) is 5.73 Å². The number of halogens is 1. The Morgan fingerprint density at radius 2 is 2.04 bits per heavy atom. The molecule has 0 radical (unpaired) electrons. The van der Waals surface area contributed by atoms with Gasteiger partial charge in [0.1, 0.15) is 10.8 Å². The van der Waals surface area contributed by atoms with Crippen LogP contribution in [-0.4, -0.2) is 30.8 Å². The van der Waals surface area contributed by atoms with E-state index in [4.69, 9.17) is 17.3 Å². The van der Waals surface area contributed by atoms with Crippen molar-refractivity contribution in [3.8, 4) is 11.4 Å². The summed E-state index contributed by atoms with van der Waals surface area (Å²) < 4.78 is 1.64. The Morgan fingerprint density at radius 1 is 1.29 bits per heavy atom. The van der Waals surface area contributed by atoms with Gasteiger partial charge in [-0.3, -0.25) is 4.68 Å². The van der Waals surface area contributed by atoms with Crippen molar-refractivity contribution in [3.05, 3.63) is 58.4 Å². The smallest absolute Gasteiger partial charge is 0.335 e. The number of aryl methyl sites for hydroxylation is 1. The molecule has 0 aliphatic carbocycles. The Morgan fingerprint density at radius 3 is 2.75 bits per heavy atom. The molecule has 3 rings (SSSR count). The molecule has 0 aliphatic rings. The van der Waals surface area contributed by atoms with E-state index >= 15 is 0 Å². The number of carbonyl (C=O) groups is 1. The highest BCUT2D eigenvalue weighted by Crippen LogP contribution is 2.26. The van der Waals surface area contributed by atoms with Crippen LogP contribution in [0, 0.1) is 0 Å². The van der Waals surface area contributed by atoms with Crippen LogP contribution in [0.15, 0.2) is 36.5 Å². The van der Waals surface area contributed by atoms with Gasteiger partial charge in [0.2, 0.25) is 5.95 Å². The van der Waals surface area contributed by atoms with Crippen molar-refractivity contribution in [1.29, 1.82) is 0 Å². The number of carboxylic acids is 1. The van der Waals surface area contributed by atoms with E-state index in [9.17, 15) is 9.90 Å². The zero-order valence-corrected chi connectivity index (χ0v) is 13.5. The predicted molar refractivity (Wildman–Crippen MR) is 89.9 cm³/mol. The van der Waals surface area contributed by atoms with Gasteiger partial charge in [0, 0.05) is 31.3 Å². The van der Waals surface area contributed by atoms with E-state index in [1.54, 1.807) is 42.1 Å². The van der Waals surface area contributed by atoms with Crippen LogP contribution < -0.4 is 5.73 Å². The van der Waals surface area contributed by atoms with Crippen molar-refractivity contribution in [1.82, 2.24) is 19.7 Å². The van der Waals surface area contributed by atoms with E-state index in [0.717, 1.165) is 5.56 Å². The first-order valence-electron chi connectivity index (χ1n) is 7.08. The molecular weight excluding hydrogens is 330 g/mol. The van der Waals surface area contributed by atoms with Gasteiger partial charge in [0.15, 0.2) is 0 Å². The summed E-state index contributed by atoms with van der Waals surface area (Å²) in [5.74, 6) is -0.912. The van der Waals surface area contributed by atoms with Gasteiger partial charge in [-0.25, -0.2) is 14.8 Å². The fourth-order valence-corrected chi connectivity index (χ4v) is 2.72. The first-order chi connectivity index (χ1) is 11.4. The van der Waals surface area contributed by atoms with Gasteiger partial charge < -0.3 is 10.8 Å². The van der Waals surface area contributed by atoms with Gasteiger partial charge >= 0.3 is 5.97 Å². The monoisotopic (exact) mass is 343 g/mol. The highest BCUT2D eigenvalue weighted by molar-refractivity contribution is 6.29. The largest absolute Gasteiger partial charge is 0.478 e. The van der Waals surface area contributed by atoms with Crippen LogP contribution in [0.2, 0.25) is 5.15 Å². The second-order valence-corrected chi connectivity index (χ2v) is 5.64. The molecule has 24 heavy (non-hydrogen) atoms. The van der Waals surface area contributed by atoms with Gasteiger partial charge in [-0.2, -0.15) is 5.10 Å². The van der Waals surface area contributed by atoms with Crippen LogP contribution >= 0.6 is 11.6 Å². The van der Waals surface area contributed by atoms with Crippen molar-refractivity contribution in [2.24, 2.45) is 7.05 Å². The quantitative estimate of drug-likeness (QED) is 0.704. The number of nitrogens with zero attached hydrogens (tertiary/aromatic N) is 4. The summed E-state index contributed by atoms with van der Waals surface area (Å²) in [7, 11) is 1.78. The maximum atomic E-state index is 11.4. The van der Waals surface area contributed by atoms with E-state index in [-0.39, 0.29) is 16.7 Å². The van der Waals surface area contributed by atoms with E-state index in [0.29, 0.717) is 23.4 Å². The molecule has 0 aliphatic heterocycles. The number of nitrogens with two attached hydrogens (primary N) is 1. The zero-order valence-electron chi connectivity index (χ0n) is 12.8. The highest BCUT2D eigenvalue weighted by atomic mass is 35.5. The molecule has 0 bridgehead atoms. The molecule has 3 aromatic rings. The number of benzene rings is 1. The third-order valence-corrected chi connectivity index (χ3v) is 3.68. The third kappa shape index (κ3) is 3.21. The van der Waals surface area contributed by atoms with Gasteiger partial charge in [0.05, 0.1) is 11.3 Å². The topological polar surface area (TPSA) is 107 Å². The minimum atomic E-state index is -0.967. The number of carboxylic acid groups (broad SMARTS) is 1. The number of hydrogen-bond acceptors (Lipinski definition) is 5. The molecule has 8 heteroatoms. The third-order valence-electron chi connectivity index (χ3n) is 3.49. The molecular formula is C16H14ClN5O2. The molecule has 0 spiro atoms. The molecule has 1 aromatic carbocycles. The van der Waals surface area contributed by atoms with Gasteiger partial charge in [-0.15, -0.1) is 0 Å². The Balaban J connectivity index is 2.06. The molecule has 3 N–H and O–H groups in total.